The van der Waals surface area contributed by atoms with E-state index in [1.807, 2.05) is 41.2 Å². The van der Waals surface area contributed by atoms with Gasteiger partial charge >= 0.3 is 0 Å². The Bertz CT molecular complexity index is 1210. The van der Waals surface area contributed by atoms with Crippen molar-refractivity contribution in [1.29, 1.82) is 0 Å². The summed E-state index contributed by atoms with van der Waals surface area (Å²) in [5, 5.41) is 4.78. The largest absolute Gasteiger partial charge is 0.497 e. The monoisotopic (exact) mass is 444 g/mol. The van der Waals surface area contributed by atoms with Crippen LogP contribution in [0.5, 0.6) is 5.75 Å². The highest BCUT2D eigenvalue weighted by molar-refractivity contribution is 5.65. The van der Waals surface area contributed by atoms with E-state index < -0.39 is 0 Å². The summed E-state index contributed by atoms with van der Waals surface area (Å²) in [5.41, 5.74) is 3.04. The minimum atomic E-state index is -0.346. The van der Waals surface area contributed by atoms with Crippen molar-refractivity contribution in [2.75, 3.05) is 38.2 Å². The summed E-state index contributed by atoms with van der Waals surface area (Å²) in [7, 11) is 1.53. The molecule has 1 aliphatic heterocycles. The Morgan fingerprint density at radius 3 is 2.52 bits per heavy atom. The fraction of sp³-hybridized carbons (Fsp3) is 0.240. The molecule has 0 amide bonds. The normalized spacial score (nSPS) is 14.4. The van der Waals surface area contributed by atoms with E-state index in [0.29, 0.717) is 23.6 Å². The van der Waals surface area contributed by atoms with E-state index in [4.69, 9.17) is 9.84 Å². The van der Waals surface area contributed by atoms with Gasteiger partial charge in [-0.05, 0) is 24.3 Å². The average molecular weight is 445 g/mol. The topological polar surface area (TPSA) is 59.3 Å². The predicted octanol–water partition coefficient (Wildman–Crippen LogP) is 3.80. The number of ether oxygens (including phenoxy) is 1. The molecule has 5 rings (SSSR count). The summed E-state index contributed by atoms with van der Waals surface area (Å²) in [6, 6.07) is 14.8. The number of para-hydroxylation sites is 1. The van der Waals surface area contributed by atoms with Crippen LogP contribution < -0.4 is 9.64 Å². The molecule has 0 saturated carbocycles. The Morgan fingerprint density at radius 2 is 1.82 bits per heavy atom. The van der Waals surface area contributed by atoms with Crippen LogP contribution >= 0.6 is 0 Å². The van der Waals surface area contributed by atoms with Crippen LogP contribution in [0.4, 0.5) is 10.2 Å². The molecule has 2 aromatic heterocycles. The molecule has 8 heteroatoms. The lowest BCUT2D eigenvalue weighted by Crippen LogP contribution is -2.46. The van der Waals surface area contributed by atoms with Crippen molar-refractivity contribution in [3.05, 3.63) is 84.7 Å². The van der Waals surface area contributed by atoms with Gasteiger partial charge in [0, 0.05) is 68.5 Å². The molecule has 7 nitrogen and oxygen atoms in total. The smallest absolute Gasteiger partial charge is 0.147 e. The van der Waals surface area contributed by atoms with Gasteiger partial charge in [0.05, 0.1) is 19.0 Å². The SMILES string of the molecule is COc1ccc(-c2nn(-c3ccccc3)cc2CN2CCN(c3cnccn3)CC2)c(F)c1. The van der Waals surface area contributed by atoms with E-state index in [0.717, 1.165) is 43.2 Å². The molecule has 2 aromatic carbocycles. The maximum absolute atomic E-state index is 15.0. The van der Waals surface area contributed by atoms with Gasteiger partial charge in [0.2, 0.25) is 0 Å². The number of hydrogen-bond acceptors (Lipinski definition) is 6. The van der Waals surface area contributed by atoms with Gasteiger partial charge in [-0.1, -0.05) is 18.2 Å². The summed E-state index contributed by atoms with van der Waals surface area (Å²) >= 11 is 0. The Morgan fingerprint density at radius 1 is 1.00 bits per heavy atom. The van der Waals surface area contributed by atoms with Gasteiger partial charge in [-0.2, -0.15) is 5.10 Å². The van der Waals surface area contributed by atoms with Gasteiger partial charge in [-0.15, -0.1) is 0 Å². The highest BCUT2D eigenvalue weighted by Crippen LogP contribution is 2.30. The average Bonchev–Trinajstić information content (AvgIpc) is 3.29. The highest BCUT2D eigenvalue weighted by atomic mass is 19.1. The summed E-state index contributed by atoms with van der Waals surface area (Å²) < 4.78 is 22.0. The Balaban J connectivity index is 1.41. The molecule has 0 atom stereocenters. The second-order valence-electron chi connectivity index (χ2n) is 7.96. The van der Waals surface area contributed by atoms with Crippen LogP contribution in [0.25, 0.3) is 16.9 Å². The second kappa shape index (κ2) is 9.38. The molecule has 0 radical (unpaired) electrons. The van der Waals surface area contributed by atoms with Gasteiger partial charge in [-0.3, -0.25) is 9.88 Å². The van der Waals surface area contributed by atoms with Gasteiger partial charge in [0.25, 0.3) is 0 Å². The van der Waals surface area contributed by atoms with Crippen molar-refractivity contribution in [1.82, 2.24) is 24.6 Å². The molecule has 4 aromatic rings. The summed E-state index contributed by atoms with van der Waals surface area (Å²) in [6.07, 6.45) is 7.20. The zero-order valence-corrected chi connectivity index (χ0v) is 18.4. The standard InChI is InChI=1S/C25H25FN6O/c1-33-21-7-8-22(23(26)15-21)25-19(18-32(29-25)20-5-3-2-4-6-20)17-30-11-13-31(14-12-30)24-16-27-9-10-28-24/h2-10,15-16,18H,11-14,17H2,1H3. The van der Waals surface area contributed by atoms with E-state index >= 15 is 0 Å². The quantitative estimate of drug-likeness (QED) is 0.451. The van der Waals surface area contributed by atoms with Crippen LogP contribution in [0.1, 0.15) is 5.56 Å². The zero-order chi connectivity index (χ0) is 22.6. The van der Waals surface area contributed by atoms with Crippen LogP contribution in [0, 0.1) is 5.82 Å². The molecule has 0 N–H and O–H groups in total. The first-order chi connectivity index (χ1) is 16.2. The van der Waals surface area contributed by atoms with Crippen molar-refractivity contribution in [2.45, 2.75) is 6.54 Å². The van der Waals surface area contributed by atoms with Crippen molar-refractivity contribution in [3.63, 3.8) is 0 Å². The minimum absolute atomic E-state index is 0.346. The third kappa shape index (κ3) is 4.56. The molecule has 0 unspecified atom stereocenters. The number of aromatic nitrogens is 4. The number of nitrogens with zero attached hydrogens (tertiary/aromatic N) is 6. The van der Waals surface area contributed by atoms with Crippen LogP contribution in [0.15, 0.2) is 73.3 Å². The lowest BCUT2D eigenvalue weighted by atomic mass is 10.1. The number of methoxy groups -OCH3 is 1. The molecule has 33 heavy (non-hydrogen) atoms. The van der Waals surface area contributed by atoms with Crippen molar-refractivity contribution in [2.24, 2.45) is 0 Å². The number of benzene rings is 2. The van der Waals surface area contributed by atoms with E-state index in [2.05, 4.69) is 19.8 Å². The lowest BCUT2D eigenvalue weighted by molar-refractivity contribution is 0.249. The fourth-order valence-corrected chi connectivity index (χ4v) is 4.11. The van der Waals surface area contributed by atoms with E-state index in [1.165, 1.54) is 13.2 Å². The van der Waals surface area contributed by atoms with Gasteiger partial charge in [0.15, 0.2) is 0 Å². The highest BCUT2D eigenvalue weighted by Gasteiger charge is 2.22. The third-order valence-corrected chi connectivity index (χ3v) is 5.88. The van der Waals surface area contributed by atoms with Crippen molar-refractivity contribution >= 4 is 5.82 Å². The maximum Gasteiger partial charge on any atom is 0.147 e. The van der Waals surface area contributed by atoms with Crippen LogP contribution in [0.2, 0.25) is 0 Å². The van der Waals surface area contributed by atoms with Crippen LogP contribution in [0.3, 0.4) is 0 Å². The third-order valence-electron chi connectivity index (χ3n) is 5.88. The fourth-order valence-electron chi connectivity index (χ4n) is 4.11. The Kier molecular flexibility index (Phi) is 5.99. The lowest BCUT2D eigenvalue weighted by Gasteiger charge is -2.35. The molecule has 3 heterocycles. The molecule has 1 fully saturated rings. The van der Waals surface area contributed by atoms with Crippen LogP contribution in [-0.4, -0.2) is 57.9 Å². The zero-order valence-electron chi connectivity index (χ0n) is 18.4. The molecule has 0 aliphatic carbocycles. The van der Waals surface area contributed by atoms with E-state index in [-0.39, 0.29) is 5.82 Å². The molecule has 0 spiro atoms. The summed E-state index contributed by atoms with van der Waals surface area (Å²) in [6.45, 7) is 4.15. The van der Waals surface area contributed by atoms with Gasteiger partial charge in [0.1, 0.15) is 23.1 Å². The second-order valence-corrected chi connectivity index (χ2v) is 7.96. The number of piperazine rings is 1. The number of halogens is 1. The first kappa shape index (κ1) is 21.1. The first-order valence-electron chi connectivity index (χ1n) is 10.9. The van der Waals surface area contributed by atoms with E-state index in [9.17, 15) is 4.39 Å². The Labute approximate surface area is 192 Å². The predicted molar refractivity (Wildman–Crippen MR) is 125 cm³/mol. The van der Waals surface area contributed by atoms with Gasteiger partial charge in [-0.25, -0.2) is 14.1 Å². The van der Waals surface area contributed by atoms with Crippen molar-refractivity contribution in [3.8, 4) is 22.7 Å². The number of hydrogen-bond donors (Lipinski definition) is 0. The molecule has 1 saturated heterocycles. The van der Waals surface area contributed by atoms with Crippen LogP contribution in [-0.2, 0) is 6.54 Å². The summed E-state index contributed by atoms with van der Waals surface area (Å²) in [4.78, 5) is 13.2. The number of rotatable bonds is 6. The molecular formula is C25H25FN6O. The molecule has 1 aliphatic rings. The van der Waals surface area contributed by atoms with E-state index in [1.54, 1.807) is 30.7 Å². The molecule has 168 valence electrons. The molecular weight excluding hydrogens is 419 g/mol. The summed E-state index contributed by atoms with van der Waals surface area (Å²) in [5.74, 6) is 1.04. The maximum atomic E-state index is 15.0. The van der Waals surface area contributed by atoms with Gasteiger partial charge < -0.3 is 9.64 Å². The Hall–Kier alpha value is -3.78. The molecule has 0 bridgehead atoms. The van der Waals surface area contributed by atoms with Crippen molar-refractivity contribution < 1.29 is 9.13 Å². The minimum Gasteiger partial charge on any atom is -0.497 e. The first-order valence-corrected chi connectivity index (χ1v) is 10.9. The number of anilines is 1.